The molecular formula is C44H38Cl4N8O6. The van der Waals surface area contributed by atoms with E-state index in [4.69, 9.17) is 51.1 Å². The molecule has 0 saturated heterocycles. The average molecular weight is 917 g/mol. The number of hydrogen-bond acceptors (Lipinski definition) is 10. The van der Waals surface area contributed by atoms with Crippen LogP contribution in [0.4, 0.5) is 23.3 Å². The minimum atomic E-state index is -0.503. The summed E-state index contributed by atoms with van der Waals surface area (Å²) in [7, 11) is 6.27. The summed E-state index contributed by atoms with van der Waals surface area (Å²) in [4.78, 5) is 64.0. The molecule has 0 amide bonds. The fourth-order valence-corrected chi connectivity index (χ4v) is 8.20. The van der Waals surface area contributed by atoms with E-state index in [2.05, 4.69) is 35.3 Å². The highest BCUT2D eigenvalue weighted by atomic mass is 35.5. The summed E-state index contributed by atoms with van der Waals surface area (Å²) in [5.41, 5.74) is 6.18. The third kappa shape index (κ3) is 8.34. The first-order valence-electron chi connectivity index (χ1n) is 18.9. The molecular weight excluding hydrogens is 878 g/mol. The first-order chi connectivity index (χ1) is 29.6. The zero-order valence-electron chi connectivity index (χ0n) is 34.1. The van der Waals surface area contributed by atoms with E-state index >= 15 is 0 Å². The Morgan fingerprint density at radius 2 is 1.16 bits per heavy atom. The van der Waals surface area contributed by atoms with Crippen molar-refractivity contribution in [2.45, 2.75) is 26.7 Å². The average Bonchev–Trinajstić information content (AvgIpc) is 3.75. The van der Waals surface area contributed by atoms with E-state index in [1.165, 1.54) is 26.4 Å². The lowest BCUT2D eigenvalue weighted by atomic mass is 10.0. The first-order valence-corrected chi connectivity index (χ1v) is 20.4. The number of imidazole rings is 2. The fraction of sp³-hybridized carbons (Fsp3) is 0.182. The molecule has 62 heavy (non-hydrogen) atoms. The van der Waals surface area contributed by atoms with Gasteiger partial charge in [0.1, 0.15) is 0 Å². The summed E-state index contributed by atoms with van der Waals surface area (Å²) in [5.74, 6) is 0.168. The van der Waals surface area contributed by atoms with Gasteiger partial charge in [0.05, 0.1) is 84.9 Å². The van der Waals surface area contributed by atoms with Crippen molar-refractivity contribution in [2.24, 2.45) is 14.1 Å². The van der Waals surface area contributed by atoms with Crippen molar-refractivity contribution in [1.82, 2.24) is 29.1 Å². The van der Waals surface area contributed by atoms with Crippen molar-refractivity contribution in [3.05, 3.63) is 130 Å². The van der Waals surface area contributed by atoms with Crippen LogP contribution in [0.2, 0.25) is 20.1 Å². The van der Waals surface area contributed by atoms with Crippen LogP contribution in [0.1, 0.15) is 28.9 Å². The molecule has 8 rings (SSSR count). The van der Waals surface area contributed by atoms with Gasteiger partial charge in [-0.15, -0.1) is 0 Å². The van der Waals surface area contributed by atoms with Crippen molar-refractivity contribution in [3.8, 4) is 0 Å². The van der Waals surface area contributed by atoms with Crippen molar-refractivity contribution < 1.29 is 19.1 Å². The fourth-order valence-electron chi connectivity index (χ4n) is 7.22. The number of ether oxygens (including phenoxy) is 2. The zero-order valence-corrected chi connectivity index (χ0v) is 37.1. The van der Waals surface area contributed by atoms with Gasteiger partial charge in [0.2, 0.25) is 11.9 Å². The van der Waals surface area contributed by atoms with Crippen LogP contribution >= 0.6 is 46.4 Å². The Hall–Kier alpha value is -6.32. The van der Waals surface area contributed by atoms with Crippen LogP contribution in [0.5, 0.6) is 0 Å². The van der Waals surface area contributed by atoms with Crippen molar-refractivity contribution >= 4 is 131 Å². The van der Waals surface area contributed by atoms with E-state index in [9.17, 15) is 19.2 Å². The SMILES string of the molecule is COC(=O)/C=C/c1[nH]c(=O)c2c(ccc3nc(Nc4c(Cl)cccc4Cl)n(C)c32)c1C.COC(=O)CCc1[nH]c(=O)c2c(ccc3nc(Nc4c(Cl)cccc4Cl)n(C)c32)c1C. The van der Waals surface area contributed by atoms with E-state index in [0.717, 1.165) is 21.9 Å². The Bertz CT molecular complexity index is 3220. The molecule has 0 aliphatic rings. The smallest absolute Gasteiger partial charge is 0.330 e. The lowest BCUT2D eigenvalue weighted by Crippen LogP contribution is -2.14. The number of halogens is 4. The molecule has 0 aliphatic carbocycles. The number of para-hydroxylation sites is 2. The molecule has 0 fully saturated rings. The topological polar surface area (TPSA) is 178 Å². The van der Waals surface area contributed by atoms with Crippen LogP contribution in [0.3, 0.4) is 0 Å². The van der Waals surface area contributed by atoms with Gasteiger partial charge >= 0.3 is 11.9 Å². The zero-order chi connectivity index (χ0) is 44.6. The number of nitrogens with one attached hydrogen (secondary N) is 4. The molecule has 4 aromatic carbocycles. The molecule has 4 aromatic heterocycles. The lowest BCUT2D eigenvalue weighted by molar-refractivity contribution is -0.140. The Labute approximate surface area is 373 Å². The van der Waals surface area contributed by atoms with Crippen molar-refractivity contribution in [3.63, 3.8) is 0 Å². The van der Waals surface area contributed by atoms with Gasteiger partial charge in [0, 0.05) is 31.6 Å². The van der Waals surface area contributed by atoms with E-state index in [-0.39, 0.29) is 23.5 Å². The molecule has 8 aromatic rings. The number of fused-ring (bicyclic) bond motifs is 6. The number of anilines is 4. The molecule has 0 spiro atoms. The number of aromatic amines is 2. The monoisotopic (exact) mass is 914 g/mol. The minimum absolute atomic E-state index is 0.194. The van der Waals surface area contributed by atoms with Gasteiger partial charge in [-0.2, -0.15) is 0 Å². The van der Waals surface area contributed by atoms with Gasteiger partial charge in [-0.3, -0.25) is 14.4 Å². The molecule has 0 bridgehead atoms. The highest BCUT2D eigenvalue weighted by molar-refractivity contribution is 6.40. The quantitative estimate of drug-likeness (QED) is 0.0805. The Morgan fingerprint density at radius 1 is 0.694 bits per heavy atom. The number of esters is 2. The summed E-state index contributed by atoms with van der Waals surface area (Å²) >= 11 is 25.1. The highest BCUT2D eigenvalue weighted by Crippen LogP contribution is 2.36. The maximum atomic E-state index is 13.0. The Kier molecular flexibility index (Phi) is 12.7. The molecule has 0 unspecified atom stereocenters. The number of H-pyrrole nitrogens is 2. The van der Waals surface area contributed by atoms with Crippen LogP contribution in [0, 0.1) is 13.8 Å². The third-order valence-corrected chi connectivity index (χ3v) is 11.8. The second kappa shape index (κ2) is 18.0. The number of nitrogens with zero attached hydrogens (tertiary/aromatic N) is 4. The predicted octanol–water partition coefficient (Wildman–Crippen LogP) is 9.84. The number of hydrogen-bond donors (Lipinski definition) is 4. The van der Waals surface area contributed by atoms with Gasteiger partial charge < -0.3 is 39.2 Å². The molecule has 4 heterocycles. The summed E-state index contributed by atoms with van der Waals surface area (Å²) in [6.45, 7) is 3.80. The lowest BCUT2D eigenvalue weighted by Gasteiger charge is -2.11. The third-order valence-electron chi connectivity index (χ3n) is 10.5. The van der Waals surface area contributed by atoms with Gasteiger partial charge in [-0.25, -0.2) is 14.8 Å². The van der Waals surface area contributed by atoms with Crippen LogP contribution in [0.15, 0.2) is 76.3 Å². The van der Waals surface area contributed by atoms with E-state index in [1.54, 1.807) is 45.5 Å². The van der Waals surface area contributed by atoms with Crippen molar-refractivity contribution in [1.29, 1.82) is 0 Å². The second-order valence-corrected chi connectivity index (χ2v) is 15.8. The summed E-state index contributed by atoms with van der Waals surface area (Å²) in [5, 5.41) is 10.8. The molecule has 0 aliphatic heterocycles. The van der Waals surface area contributed by atoms with Crippen LogP contribution < -0.4 is 21.8 Å². The predicted molar refractivity (Wildman–Crippen MR) is 248 cm³/mol. The number of aryl methyl sites for hydroxylation is 5. The number of aromatic nitrogens is 6. The molecule has 14 nitrogen and oxygen atoms in total. The molecule has 0 saturated carbocycles. The van der Waals surface area contributed by atoms with E-state index in [0.29, 0.717) is 94.0 Å². The number of carbonyl (C=O) groups is 2. The van der Waals surface area contributed by atoms with E-state index in [1.807, 2.05) is 52.2 Å². The number of rotatable bonds is 9. The molecule has 0 radical (unpaired) electrons. The summed E-state index contributed by atoms with van der Waals surface area (Å²) in [6, 6.07) is 17.9. The van der Waals surface area contributed by atoms with Crippen LogP contribution in [0.25, 0.3) is 49.7 Å². The Balaban J connectivity index is 0.000000186. The standard InChI is InChI=1S/C22H20Cl2N4O3.C22H18Cl2N4O3/c2*1-11-12-7-8-16-20(18(12)21(30)25-15(11)9-10-17(29)31-3)28(2)22(26-16)27-19-13(23)5-4-6-14(19)24/h4-8H,9-10H2,1-3H3,(H,25,30)(H,26,27);4-10H,1-3H3,(H,25,30)(H,26,27)/b;10-9+. The van der Waals surface area contributed by atoms with Crippen molar-refractivity contribution in [2.75, 3.05) is 24.9 Å². The minimum Gasteiger partial charge on any atom is -0.469 e. The van der Waals surface area contributed by atoms with Crippen LogP contribution in [-0.4, -0.2) is 55.2 Å². The number of methoxy groups -OCH3 is 2. The summed E-state index contributed by atoms with van der Waals surface area (Å²) < 4.78 is 12.9. The van der Waals surface area contributed by atoms with Gasteiger partial charge in [0.15, 0.2) is 0 Å². The first kappa shape index (κ1) is 43.8. The number of pyridine rings is 2. The maximum absolute atomic E-state index is 13.0. The molecule has 318 valence electrons. The maximum Gasteiger partial charge on any atom is 0.330 e. The highest BCUT2D eigenvalue weighted by Gasteiger charge is 2.20. The van der Waals surface area contributed by atoms with Crippen LogP contribution in [-0.2, 0) is 39.6 Å². The normalized spacial score (nSPS) is 11.4. The van der Waals surface area contributed by atoms with Gasteiger partial charge in [-0.1, -0.05) is 70.7 Å². The summed E-state index contributed by atoms with van der Waals surface area (Å²) in [6.07, 6.45) is 3.38. The largest absolute Gasteiger partial charge is 0.469 e. The molecule has 0 atom stereocenters. The Morgan fingerprint density at radius 3 is 1.63 bits per heavy atom. The van der Waals surface area contributed by atoms with Gasteiger partial charge in [0.25, 0.3) is 11.1 Å². The van der Waals surface area contributed by atoms with Gasteiger partial charge in [-0.05, 0) is 84.6 Å². The number of benzene rings is 4. The second-order valence-electron chi connectivity index (χ2n) is 14.1. The molecule has 18 heteroatoms. The van der Waals surface area contributed by atoms with E-state index < -0.39 is 5.97 Å². The number of carbonyl (C=O) groups excluding carboxylic acids is 2. The molecule has 4 N–H and O–H groups in total.